The smallest absolute Gasteiger partial charge is 0.203 e. The normalized spacial score (nSPS) is 33.9. The summed E-state index contributed by atoms with van der Waals surface area (Å²) in [5.74, 6) is 6.89. The number of fused-ring (bicyclic) bond motifs is 2. The molecule has 6 rings (SSSR count). The molecule has 0 radical (unpaired) electrons. The molecule has 0 aliphatic heterocycles. The van der Waals surface area contributed by atoms with Crippen molar-refractivity contribution in [3.8, 4) is 34.5 Å². The average molecular weight is 467 g/mol. The zero-order valence-corrected chi connectivity index (χ0v) is 20.9. The van der Waals surface area contributed by atoms with E-state index < -0.39 is 0 Å². The summed E-state index contributed by atoms with van der Waals surface area (Å²) >= 11 is 0. The lowest BCUT2D eigenvalue weighted by atomic mass is 9.24. The Morgan fingerprint density at radius 2 is 0.735 bits per heavy atom. The maximum absolute atomic E-state index is 5.78. The molecule has 4 aliphatic carbocycles. The van der Waals surface area contributed by atoms with Crippen molar-refractivity contribution in [3.05, 3.63) is 35.4 Å². The summed E-state index contributed by atoms with van der Waals surface area (Å²) in [5, 5.41) is 0. The van der Waals surface area contributed by atoms with E-state index in [9.17, 15) is 0 Å². The minimum absolute atomic E-state index is 0.0658. The largest absolute Gasteiger partial charge is 0.493 e. The van der Waals surface area contributed by atoms with Crippen molar-refractivity contribution in [2.75, 3.05) is 42.7 Å². The molecule has 4 atom stereocenters. The number of methoxy groups -OCH3 is 6. The van der Waals surface area contributed by atoms with Gasteiger partial charge in [0.1, 0.15) is 0 Å². The minimum atomic E-state index is 0.0658. The molecular formula is C28H34O6. The molecule has 4 unspecified atom stereocenters. The Bertz CT molecular complexity index is 980. The number of hydrogen-bond acceptors (Lipinski definition) is 6. The summed E-state index contributed by atoms with van der Waals surface area (Å²) < 4.78 is 34.4. The molecule has 6 nitrogen and oxygen atoms in total. The van der Waals surface area contributed by atoms with E-state index >= 15 is 0 Å². The monoisotopic (exact) mass is 466 g/mol. The minimum Gasteiger partial charge on any atom is -0.493 e. The van der Waals surface area contributed by atoms with Crippen LogP contribution in [0.15, 0.2) is 24.3 Å². The van der Waals surface area contributed by atoms with E-state index in [-0.39, 0.29) is 10.8 Å². The van der Waals surface area contributed by atoms with Crippen LogP contribution in [0.2, 0.25) is 0 Å². The Kier molecular flexibility index (Phi) is 4.71. The number of rotatable bonds is 8. The second-order valence-corrected chi connectivity index (χ2v) is 10.1. The molecule has 4 saturated carbocycles. The Hall–Kier alpha value is -2.76. The molecule has 6 heteroatoms. The molecule has 4 aliphatic rings. The van der Waals surface area contributed by atoms with Gasteiger partial charge in [0.05, 0.1) is 42.7 Å². The molecule has 0 amide bonds. The lowest BCUT2D eigenvalue weighted by Crippen LogP contribution is -2.80. The third-order valence-corrected chi connectivity index (χ3v) is 9.86. The predicted octanol–water partition coefficient (Wildman–Crippen LogP) is 4.99. The van der Waals surface area contributed by atoms with Gasteiger partial charge in [0.15, 0.2) is 23.0 Å². The van der Waals surface area contributed by atoms with E-state index in [0.29, 0.717) is 35.2 Å². The maximum Gasteiger partial charge on any atom is 0.203 e. The molecule has 0 heterocycles. The SMILES string of the molecule is COc1cc(C23C4CCC2C2CCC4C23c2cc(OC)c(OC)c(OC)c2)cc(OC)c1OC. The highest BCUT2D eigenvalue weighted by molar-refractivity contribution is 5.66. The van der Waals surface area contributed by atoms with Crippen molar-refractivity contribution in [3.63, 3.8) is 0 Å². The Morgan fingerprint density at radius 1 is 0.471 bits per heavy atom. The van der Waals surface area contributed by atoms with Crippen LogP contribution >= 0.6 is 0 Å². The van der Waals surface area contributed by atoms with Gasteiger partial charge in [0.2, 0.25) is 11.5 Å². The van der Waals surface area contributed by atoms with Crippen molar-refractivity contribution < 1.29 is 28.4 Å². The van der Waals surface area contributed by atoms with E-state index in [1.54, 1.807) is 42.7 Å². The summed E-state index contributed by atoms with van der Waals surface area (Å²) in [6.07, 6.45) is 5.15. The maximum atomic E-state index is 5.78. The standard InChI is InChI=1S/C28H34O6/c1-29-21-11-15(12-22(30-2)25(21)33-5)27-17-7-8-18(27)20-10-9-19(17)28(20,27)16-13-23(31-3)26(34-6)24(14-16)32-4/h11-14,17-20H,7-10H2,1-6H3. The zero-order chi connectivity index (χ0) is 23.8. The van der Waals surface area contributed by atoms with Crippen LogP contribution < -0.4 is 28.4 Å². The van der Waals surface area contributed by atoms with E-state index in [1.165, 1.54) is 36.8 Å². The van der Waals surface area contributed by atoms with Crippen molar-refractivity contribution in [2.24, 2.45) is 23.7 Å². The quantitative estimate of drug-likeness (QED) is 0.546. The summed E-state index contributed by atoms with van der Waals surface area (Å²) in [6, 6.07) is 8.82. The van der Waals surface area contributed by atoms with Crippen molar-refractivity contribution in [2.45, 2.75) is 36.5 Å². The number of ether oxygens (including phenoxy) is 6. The van der Waals surface area contributed by atoms with Gasteiger partial charge in [0, 0.05) is 10.8 Å². The lowest BCUT2D eigenvalue weighted by Gasteiger charge is -2.78. The lowest BCUT2D eigenvalue weighted by molar-refractivity contribution is -0.196. The summed E-state index contributed by atoms with van der Waals surface area (Å²) in [5.41, 5.74) is 2.77. The second-order valence-electron chi connectivity index (χ2n) is 10.1. The van der Waals surface area contributed by atoms with Crippen LogP contribution in [0.3, 0.4) is 0 Å². The first-order chi connectivity index (χ1) is 16.6. The Morgan fingerprint density at radius 3 is 0.941 bits per heavy atom. The van der Waals surface area contributed by atoms with E-state index in [4.69, 9.17) is 28.4 Å². The van der Waals surface area contributed by atoms with Crippen LogP contribution in [0.25, 0.3) is 0 Å². The predicted molar refractivity (Wildman–Crippen MR) is 128 cm³/mol. The summed E-state index contributed by atoms with van der Waals surface area (Å²) in [7, 11) is 10.1. The fourth-order valence-corrected chi connectivity index (χ4v) is 9.26. The van der Waals surface area contributed by atoms with Gasteiger partial charge in [-0.25, -0.2) is 0 Å². The molecule has 0 bridgehead atoms. The highest BCUT2D eigenvalue weighted by Gasteiger charge is 2.89. The van der Waals surface area contributed by atoms with Crippen LogP contribution in [0.4, 0.5) is 0 Å². The number of hydrogen-bond donors (Lipinski definition) is 0. The molecule has 0 saturated heterocycles. The van der Waals surface area contributed by atoms with Gasteiger partial charge >= 0.3 is 0 Å². The molecule has 2 aromatic carbocycles. The molecule has 182 valence electrons. The van der Waals surface area contributed by atoms with Gasteiger partial charge in [-0.15, -0.1) is 0 Å². The highest BCUT2D eigenvalue weighted by Crippen LogP contribution is 2.90. The van der Waals surface area contributed by atoms with Crippen molar-refractivity contribution in [1.29, 1.82) is 0 Å². The topological polar surface area (TPSA) is 55.4 Å². The van der Waals surface area contributed by atoms with Crippen LogP contribution in [0, 0.1) is 23.7 Å². The fraction of sp³-hybridized carbons (Fsp3) is 0.571. The second kappa shape index (κ2) is 7.37. The highest BCUT2D eigenvalue weighted by atomic mass is 16.5. The average Bonchev–Trinajstić information content (AvgIpc) is 3.18. The zero-order valence-electron chi connectivity index (χ0n) is 20.9. The molecule has 0 aromatic heterocycles. The van der Waals surface area contributed by atoms with Crippen LogP contribution in [0.1, 0.15) is 36.8 Å². The van der Waals surface area contributed by atoms with Gasteiger partial charge in [-0.3, -0.25) is 0 Å². The van der Waals surface area contributed by atoms with Gasteiger partial charge in [-0.1, -0.05) is 0 Å². The Labute approximate surface area is 201 Å². The van der Waals surface area contributed by atoms with Gasteiger partial charge in [-0.2, -0.15) is 0 Å². The van der Waals surface area contributed by atoms with E-state index in [2.05, 4.69) is 24.3 Å². The van der Waals surface area contributed by atoms with E-state index in [0.717, 1.165) is 23.0 Å². The van der Waals surface area contributed by atoms with Crippen LogP contribution in [0.5, 0.6) is 34.5 Å². The first-order valence-corrected chi connectivity index (χ1v) is 12.2. The van der Waals surface area contributed by atoms with Crippen molar-refractivity contribution in [1.82, 2.24) is 0 Å². The number of benzene rings is 2. The molecule has 4 fully saturated rings. The summed E-state index contributed by atoms with van der Waals surface area (Å²) in [4.78, 5) is 0. The van der Waals surface area contributed by atoms with E-state index in [1.807, 2.05) is 0 Å². The first-order valence-electron chi connectivity index (χ1n) is 12.2. The Balaban J connectivity index is 1.59. The van der Waals surface area contributed by atoms with Gasteiger partial charge in [-0.05, 0) is 84.7 Å². The molecule has 2 aromatic rings. The van der Waals surface area contributed by atoms with Crippen molar-refractivity contribution >= 4 is 0 Å². The van der Waals surface area contributed by atoms with Crippen LogP contribution in [-0.4, -0.2) is 42.7 Å². The molecule has 0 spiro atoms. The molecule has 34 heavy (non-hydrogen) atoms. The first kappa shape index (κ1) is 21.8. The third kappa shape index (κ3) is 2.15. The molecule has 0 N–H and O–H groups in total. The van der Waals surface area contributed by atoms with Gasteiger partial charge in [0.25, 0.3) is 0 Å². The van der Waals surface area contributed by atoms with Crippen LogP contribution in [-0.2, 0) is 10.8 Å². The van der Waals surface area contributed by atoms with Gasteiger partial charge < -0.3 is 28.4 Å². The molecular weight excluding hydrogens is 432 g/mol. The third-order valence-electron chi connectivity index (χ3n) is 9.86. The summed E-state index contributed by atoms with van der Waals surface area (Å²) in [6.45, 7) is 0. The fourth-order valence-electron chi connectivity index (χ4n) is 9.26.